The number of amides is 1. The highest BCUT2D eigenvalue weighted by Gasteiger charge is 2.51. The van der Waals surface area contributed by atoms with Gasteiger partial charge in [-0.25, -0.2) is 0 Å². The number of benzene rings is 1. The fourth-order valence-corrected chi connectivity index (χ4v) is 3.42. The van der Waals surface area contributed by atoms with E-state index in [2.05, 4.69) is 0 Å². The molecular formula is C16H20ClNO4. The lowest BCUT2D eigenvalue weighted by Crippen LogP contribution is -2.42. The van der Waals surface area contributed by atoms with Crippen molar-refractivity contribution in [3.63, 3.8) is 0 Å². The van der Waals surface area contributed by atoms with Gasteiger partial charge in [-0.15, -0.1) is 0 Å². The first kappa shape index (κ1) is 15.6. The number of likely N-dealkylation sites (tertiary alicyclic amines) is 1. The molecule has 1 amide bonds. The standard InChI is InChI=1S/C16H20ClNO4/c1-20-14-9-18(11-16(14)7-4-8-22-16)15(19)10-21-13-6-3-2-5-12(13)17/h2-3,5-6,14H,4,7-11H2,1H3/t14-,16-/m0/s1. The molecule has 0 saturated carbocycles. The zero-order valence-electron chi connectivity index (χ0n) is 12.6. The van der Waals surface area contributed by atoms with Crippen LogP contribution < -0.4 is 4.74 Å². The average molecular weight is 326 g/mol. The summed E-state index contributed by atoms with van der Waals surface area (Å²) in [6.45, 7) is 1.81. The minimum atomic E-state index is -0.338. The molecule has 2 atom stereocenters. The van der Waals surface area contributed by atoms with Gasteiger partial charge in [0.25, 0.3) is 5.91 Å². The van der Waals surface area contributed by atoms with E-state index in [-0.39, 0.29) is 24.2 Å². The lowest BCUT2D eigenvalue weighted by molar-refractivity contribution is -0.133. The minimum Gasteiger partial charge on any atom is -0.482 e. The Labute approximate surface area is 135 Å². The van der Waals surface area contributed by atoms with E-state index in [0.29, 0.717) is 23.9 Å². The summed E-state index contributed by atoms with van der Waals surface area (Å²) in [5, 5.41) is 0.502. The summed E-state index contributed by atoms with van der Waals surface area (Å²) in [7, 11) is 1.67. The van der Waals surface area contributed by atoms with Crippen molar-refractivity contribution < 1.29 is 19.0 Å². The molecule has 22 heavy (non-hydrogen) atoms. The predicted molar refractivity (Wildman–Crippen MR) is 82.2 cm³/mol. The van der Waals surface area contributed by atoms with Gasteiger partial charge in [-0.05, 0) is 25.0 Å². The Morgan fingerprint density at radius 2 is 2.32 bits per heavy atom. The molecule has 6 heteroatoms. The third-order valence-corrected chi connectivity index (χ3v) is 4.70. The largest absolute Gasteiger partial charge is 0.482 e. The quantitative estimate of drug-likeness (QED) is 0.851. The Bertz CT molecular complexity index is 545. The van der Waals surface area contributed by atoms with Crippen LogP contribution in [0.1, 0.15) is 12.8 Å². The first-order valence-electron chi connectivity index (χ1n) is 7.46. The van der Waals surface area contributed by atoms with Crippen LogP contribution in [0.4, 0.5) is 0 Å². The van der Waals surface area contributed by atoms with E-state index in [9.17, 15) is 4.79 Å². The van der Waals surface area contributed by atoms with Crippen molar-refractivity contribution in [2.45, 2.75) is 24.5 Å². The number of methoxy groups -OCH3 is 1. The minimum absolute atomic E-state index is 0.0315. The van der Waals surface area contributed by atoms with E-state index in [1.54, 1.807) is 24.1 Å². The van der Waals surface area contributed by atoms with Crippen LogP contribution in [0.15, 0.2) is 24.3 Å². The number of hydrogen-bond acceptors (Lipinski definition) is 4. The third-order valence-electron chi connectivity index (χ3n) is 4.39. The van der Waals surface area contributed by atoms with Crippen LogP contribution in [0, 0.1) is 0 Å². The molecule has 2 aliphatic rings. The van der Waals surface area contributed by atoms with Gasteiger partial charge in [0.05, 0.1) is 11.6 Å². The van der Waals surface area contributed by atoms with Crippen molar-refractivity contribution in [1.29, 1.82) is 0 Å². The molecule has 2 heterocycles. The second-order valence-electron chi connectivity index (χ2n) is 5.73. The number of hydrogen-bond donors (Lipinski definition) is 0. The van der Waals surface area contributed by atoms with E-state index in [4.69, 9.17) is 25.8 Å². The van der Waals surface area contributed by atoms with Gasteiger partial charge >= 0.3 is 0 Å². The average Bonchev–Trinajstić information content (AvgIpc) is 3.14. The van der Waals surface area contributed by atoms with Crippen LogP contribution in [0.25, 0.3) is 0 Å². The van der Waals surface area contributed by atoms with Crippen LogP contribution in [0.5, 0.6) is 5.75 Å². The normalized spacial score (nSPS) is 27.5. The molecule has 0 N–H and O–H groups in total. The molecule has 3 rings (SSSR count). The van der Waals surface area contributed by atoms with Crippen LogP contribution in [-0.4, -0.2) is 55.9 Å². The van der Waals surface area contributed by atoms with E-state index in [1.807, 2.05) is 12.1 Å². The van der Waals surface area contributed by atoms with Crippen LogP contribution in [-0.2, 0) is 14.3 Å². The van der Waals surface area contributed by atoms with Gasteiger partial charge in [-0.3, -0.25) is 4.79 Å². The Morgan fingerprint density at radius 3 is 3.00 bits per heavy atom. The molecule has 0 radical (unpaired) electrons. The highest BCUT2D eigenvalue weighted by Crippen LogP contribution is 2.36. The van der Waals surface area contributed by atoms with Crippen LogP contribution in [0.3, 0.4) is 0 Å². The van der Waals surface area contributed by atoms with Crippen LogP contribution >= 0.6 is 11.6 Å². The molecule has 2 aliphatic heterocycles. The van der Waals surface area contributed by atoms with Crippen molar-refractivity contribution >= 4 is 17.5 Å². The van der Waals surface area contributed by atoms with E-state index < -0.39 is 0 Å². The molecule has 1 aromatic carbocycles. The summed E-state index contributed by atoms with van der Waals surface area (Å²) in [6, 6.07) is 7.13. The topological polar surface area (TPSA) is 48.0 Å². The highest BCUT2D eigenvalue weighted by atomic mass is 35.5. The number of para-hydroxylation sites is 1. The predicted octanol–water partition coefficient (Wildman–Crippen LogP) is 2.13. The molecule has 120 valence electrons. The van der Waals surface area contributed by atoms with Gasteiger partial charge in [0.15, 0.2) is 6.61 Å². The molecule has 1 spiro atoms. The van der Waals surface area contributed by atoms with Crippen molar-refractivity contribution in [3.05, 3.63) is 29.3 Å². The highest BCUT2D eigenvalue weighted by molar-refractivity contribution is 6.32. The van der Waals surface area contributed by atoms with Gasteiger partial charge in [0.2, 0.25) is 0 Å². The summed E-state index contributed by atoms with van der Waals surface area (Å²) >= 11 is 6.02. The molecule has 0 aliphatic carbocycles. The third kappa shape index (κ3) is 2.93. The second-order valence-corrected chi connectivity index (χ2v) is 6.14. The number of halogens is 1. The number of nitrogens with zero attached hydrogens (tertiary/aromatic N) is 1. The lowest BCUT2D eigenvalue weighted by atomic mass is 9.97. The van der Waals surface area contributed by atoms with Crippen molar-refractivity contribution in [3.8, 4) is 5.75 Å². The van der Waals surface area contributed by atoms with Crippen molar-refractivity contribution in [2.24, 2.45) is 0 Å². The van der Waals surface area contributed by atoms with Gasteiger partial charge in [-0.2, -0.15) is 0 Å². The summed E-state index contributed by atoms with van der Waals surface area (Å²) < 4.78 is 16.9. The van der Waals surface area contributed by atoms with Gasteiger partial charge in [0.1, 0.15) is 17.5 Å². The second kappa shape index (κ2) is 6.44. The lowest BCUT2D eigenvalue weighted by Gasteiger charge is -2.27. The van der Waals surface area contributed by atoms with Gasteiger partial charge in [0, 0.05) is 20.3 Å². The van der Waals surface area contributed by atoms with Crippen molar-refractivity contribution in [1.82, 2.24) is 4.90 Å². The first-order valence-corrected chi connectivity index (χ1v) is 7.84. The Kier molecular flexibility index (Phi) is 4.57. The SMILES string of the molecule is CO[C@H]1CN(C(=O)COc2ccccc2Cl)C[C@@]12CCCO2. The maximum Gasteiger partial charge on any atom is 0.260 e. The summed E-state index contributed by atoms with van der Waals surface area (Å²) in [6.07, 6.45) is 1.87. The van der Waals surface area contributed by atoms with Crippen molar-refractivity contribution in [2.75, 3.05) is 33.4 Å². The number of carbonyl (C=O) groups is 1. The van der Waals surface area contributed by atoms with Gasteiger partial charge in [-0.1, -0.05) is 23.7 Å². The van der Waals surface area contributed by atoms with E-state index in [0.717, 1.165) is 19.4 Å². The zero-order chi connectivity index (χ0) is 15.6. The molecule has 2 saturated heterocycles. The molecule has 5 nitrogen and oxygen atoms in total. The Morgan fingerprint density at radius 1 is 1.50 bits per heavy atom. The molecule has 0 aromatic heterocycles. The monoisotopic (exact) mass is 325 g/mol. The first-order chi connectivity index (χ1) is 10.6. The summed E-state index contributed by atoms with van der Waals surface area (Å²) in [4.78, 5) is 14.1. The number of ether oxygens (including phenoxy) is 3. The molecule has 2 fully saturated rings. The maximum absolute atomic E-state index is 12.4. The molecule has 0 bridgehead atoms. The number of carbonyl (C=O) groups excluding carboxylic acids is 1. The van der Waals surface area contributed by atoms with Gasteiger partial charge < -0.3 is 19.1 Å². The Hall–Kier alpha value is -1.30. The summed E-state index contributed by atoms with van der Waals surface area (Å²) in [5.41, 5.74) is -0.338. The molecule has 1 aromatic rings. The summed E-state index contributed by atoms with van der Waals surface area (Å²) in [5.74, 6) is 0.446. The number of rotatable bonds is 4. The smallest absolute Gasteiger partial charge is 0.260 e. The molecule has 0 unspecified atom stereocenters. The molecular weight excluding hydrogens is 306 g/mol. The fraction of sp³-hybridized carbons (Fsp3) is 0.562. The zero-order valence-corrected chi connectivity index (χ0v) is 13.3. The maximum atomic E-state index is 12.4. The van der Waals surface area contributed by atoms with Crippen LogP contribution in [0.2, 0.25) is 5.02 Å². The fourth-order valence-electron chi connectivity index (χ4n) is 3.23. The van der Waals surface area contributed by atoms with E-state index >= 15 is 0 Å². The Balaban J connectivity index is 1.60. The van der Waals surface area contributed by atoms with E-state index in [1.165, 1.54) is 0 Å².